The SMILES string of the molecule is CCNCCC(OC(C)O)OC(OC)C(O)C(O)[C@H](O)OC1CC(NC(C)=O)C(OCCN)OC1CO. The highest BCUT2D eigenvalue weighted by atomic mass is 16.8. The van der Waals surface area contributed by atoms with E-state index in [9.17, 15) is 30.3 Å². The Morgan fingerprint density at radius 2 is 1.89 bits per heavy atom. The van der Waals surface area contributed by atoms with Crippen molar-refractivity contribution in [3.05, 3.63) is 0 Å². The van der Waals surface area contributed by atoms with Gasteiger partial charge in [0, 0.05) is 33.4 Å². The van der Waals surface area contributed by atoms with Crippen molar-refractivity contribution in [2.75, 3.05) is 40.0 Å². The van der Waals surface area contributed by atoms with Gasteiger partial charge in [-0.15, -0.1) is 0 Å². The van der Waals surface area contributed by atoms with Gasteiger partial charge in [0.1, 0.15) is 18.3 Å². The van der Waals surface area contributed by atoms with Gasteiger partial charge in [-0.25, -0.2) is 0 Å². The van der Waals surface area contributed by atoms with Gasteiger partial charge in [0.05, 0.1) is 25.4 Å². The number of aliphatic hydroxyl groups is 5. The van der Waals surface area contributed by atoms with E-state index in [1.807, 2.05) is 6.92 Å². The van der Waals surface area contributed by atoms with E-state index in [-0.39, 0.29) is 31.9 Å². The molecule has 0 aromatic heterocycles. The Bertz CT molecular complexity index is 619. The van der Waals surface area contributed by atoms with Gasteiger partial charge >= 0.3 is 0 Å². The van der Waals surface area contributed by atoms with Gasteiger partial charge in [0.25, 0.3) is 0 Å². The van der Waals surface area contributed by atoms with Crippen molar-refractivity contribution in [1.82, 2.24) is 10.6 Å². The van der Waals surface area contributed by atoms with E-state index in [0.717, 1.165) is 0 Å². The average Bonchev–Trinajstić information content (AvgIpc) is 2.85. The molecule has 1 aliphatic rings. The first kappa shape index (κ1) is 34.0. The lowest BCUT2D eigenvalue weighted by atomic mass is 10.00. The van der Waals surface area contributed by atoms with Gasteiger partial charge in [-0.05, 0) is 20.0 Å². The Hall–Kier alpha value is -1.05. The number of methoxy groups -OCH3 is 1. The first-order valence-corrected chi connectivity index (χ1v) is 12.3. The highest BCUT2D eigenvalue weighted by Gasteiger charge is 2.43. The van der Waals surface area contributed by atoms with E-state index in [1.165, 1.54) is 21.0 Å². The molecule has 37 heavy (non-hydrogen) atoms. The van der Waals surface area contributed by atoms with Gasteiger partial charge in [-0.2, -0.15) is 0 Å². The normalized spacial score (nSPS) is 27.2. The fraction of sp³-hybridized carbons (Fsp3) is 0.955. The predicted molar refractivity (Wildman–Crippen MR) is 127 cm³/mol. The number of rotatable bonds is 19. The largest absolute Gasteiger partial charge is 0.394 e. The minimum Gasteiger partial charge on any atom is -0.394 e. The van der Waals surface area contributed by atoms with Crippen LogP contribution in [0.2, 0.25) is 0 Å². The van der Waals surface area contributed by atoms with Crippen molar-refractivity contribution in [2.45, 2.75) is 95.5 Å². The molecule has 1 saturated heterocycles. The number of nitrogens with two attached hydrogens (primary N) is 1. The van der Waals surface area contributed by atoms with Crippen LogP contribution in [0.3, 0.4) is 0 Å². The molecule has 0 spiro atoms. The summed E-state index contributed by atoms with van der Waals surface area (Å²) in [5, 5.41) is 56.8. The molecule has 0 radical (unpaired) electrons. The molecule has 0 aromatic rings. The third-order valence-electron chi connectivity index (χ3n) is 5.42. The quantitative estimate of drug-likeness (QED) is 0.0589. The Morgan fingerprint density at radius 1 is 1.19 bits per heavy atom. The molecule has 1 aliphatic heterocycles. The summed E-state index contributed by atoms with van der Waals surface area (Å²) in [5.74, 6) is -0.365. The second-order valence-corrected chi connectivity index (χ2v) is 8.52. The summed E-state index contributed by atoms with van der Waals surface area (Å²) < 4.78 is 32.7. The smallest absolute Gasteiger partial charge is 0.217 e. The third-order valence-corrected chi connectivity index (χ3v) is 5.42. The van der Waals surface area contributed by atoms with Crippen LogP contribution in [0.1, 0.15) is 33.6 Å². The molecule has 15 heteroatoms. The molecular formula is C22H45N3O12. The lowest BCUT2D eigenvalue weighted by Crippen LogP contribution is -2.58. The van der Waals surface area contributed by atoms with Crippen molar-refractivity contribution in [1.29, 1.82) is 0 Å². The number of amides is 1. The standard InChI is InChI=1S/C22H45N3O12/c1-5-24-8-6-17(34-13(3)28)37-22(32-4)19(30)18(29)20(31)35-15-10-14(25-12(2)27)21(33-9-7-23)36-16(15)11-26/h13-22,24,26,28-31H,5-11,23H2,1-4H3,(H,25,27)/t13?,14?,15?,16?,17?,18?,19?,20-,21?,22?/m1/s1. The molecule has 0 aliphatic carbocycles. The van der Waals surface area contributed by atoms with Gasteiger partial charge in [0.15, 0.2) is 31.5 Å². The molecule has 9 N–H and O–H groups in total. The zero-order valence-corrected chi connectivity index (χ0v) is 21.9. The monoisotopic (exact) mass is 543 g/mol. The van der Waals surface area contributed by atoms with Crippen LogP contribution in [-0.4, -0.2) is 133 Å². The maximum absolute atomic E-state index is 11.6. The van der Waals surface area contributed by atoms with E-state index in [2.05, 4.69) is 10.6 Å². The van der Waals surface area contributed by atoms with Gasteiger partial charge in [-0.3, -0.25) is 4.79 Å². The Kier molecular flexibility index (Phi) is 16.8. The van der Waals surface area contributed by atoms with Crippen molar-refractivity contribution in [3.8, 4) is 0 Å². The first-order chi connectivity index (χ1) is 17.6. The second kappa shape index (κ2) is 18.3. The maximum atomic E-state index is 11.6. The summed E-state index contributed by atoms with van der Waals surface area (Å²) in [6.45, 7) is 5.62. The third kappa shape index (κ3) is 12.1. The van der Waals surface area contributed by atoms with Crippen molar-refractivity contribution < 1.29 is 58.7 Å². The molecule has 0 aromatic carbocycles. The first-order valence-electron chi connectivity index (χ1n) is 12.3. The fourth-order valence-electron chi connectivity index (χ4n) is 3.70. The van der Waals surface area contributed by atoms with Gasteiger partial charge in [-0.1, -0.05) is 6.92 Å². The Labute approximate surface area is 217 Å². The van der Waals surface area contributed by atoms with Crippen LogP contribution in [0.5, 0.6) is 0 Å². The molecule has 1 heterocycles. The van der Waals surface area contributed by atoms with Crippen LogP contribution in [0.25, 0.3) is 0 Å². The molecule has 1 amide bonds. The van der Waals surface area contributed by atoms with Crippen LogP contribution in [-0.2, 0) is 33.2 Å². The molecule has 10 atom stereocenters. The number of carbonyl (C=O) groups is 1. The maximum Gasteiger partial charge on any atom is 0.217 e. The van der Waals surface area contributed by atoms with E-state index >= 15 is 0 Å². The minimum atomic E-state index is -1.96. The van der Waals surface area contributed by atoms with E-state index in [0.29, 0.717) is 13.1 Å². The number of hydrogen-bond donors (Lipinski definition) is 8. The predicted octanol–water partition coefficient (Wildman–Crippen LogP) is -3.33. The minimum absolute atomic E-state index is 0.0544. The van der Waals surface area contributed by atoms with Crippen LogP contribution in [0.4, 0.5) is 0 Å². The topological polar surface area (TPSA) is 224 Å². The molecule has 9 unspecified atom stereocenters. The van der Waals surface area contributed by atoms with Crippen LogP contribution in [0.15, 0.2) is 0 Å². The molecule has 0 bridgehead atoms. The van der Waals surface area contributed by atoms with Crippen LogP contribution >= 0.6 is 0 Å². The van der Waals surface area contributed by atoms with Crippen molar-refractivity contribution in [2.24, 2.45) is 5.73 Å². The molecule has 0 saturated carbocycles. The van der Waals surface area contributed by atoms with E-state index in [1.54, 1.807) is 0 Å². The number of aliphatic hydroxyl groups excluding tert-OH is 5. The summed E-state index contributed by atoms with van der Waals surface area (Å²) in [7, 11) is 1.22. The average molecular weight is 544 g/mol. The highest BCUT2D eigenvalue weighted by Crippen LogP contribution is 2.26. The van der Waals surface area contributed by atoms with Gasteiger partial charge < -0.3 is 70.3 Å². The summed E-state index contributed by atoms with van der Waals surface area (Å²) in [6.07, 6.45) is -11.9. The van der Waals surface area contributed by atoms with Crippen molar-refractivity contribution >= 4 is 5.91 Å². The zero-order chi connectivity index (χ0) is 28.0. The molecule has 15 nitrogen and oxygen atoms in total. The summed E-state index contributed by atoms with van der Waals surface area (Å²) >= 11 is 0. The van der Waals surface area contributed by atoms with Crippen molar-refractivity contribution in [3.63, 3.8) is 0 Å². The lowest BCUT2D eigenvalue weighted by molar-refractivity contribution is -0.322. The lowest BCUT2D eigenvalue weighted by Gasteiger charge is -2.42. The summed E-state index contributed by atoms with van der Waals surface area (Å²) in [6, 6.07) is -0.698. The number of hydrogen-bond acceptors (Lipinski definition) is 14. The second-order valence-electron chi connectivity index (χ2n) is 8.52. The number of nitrogens with one attached hydrogen (secondary N) is 2. The fourth-order valence-corrected chi connectivity index (χ4v) is 3.70. The van der Waals surface area contributed by atoms with Crippen LogP contribution < -0.4 is 16.4 Å². The molecular weight excluding hydrogens is 498 g/mol. The summed E-state index contributed by atoms with van der Waals surface area (Å²) in [4.78, 5) is 11.6. The molecule has 220 valence electrons. The zero-order valence-electron chi connectivity index (χ0n) is 21.9. The number of carbonyl (C=O) groups excluding carboxylic acids is 1. The molecule has 1 rings (SSSR count). The van der Waals surface area contributed by atoms with Gasteiger partial charge in [0.2, 0.25) is 5.91 Å². The van der Waals surface area contributed by atoms with Crippen LogP contribution in [0, 0.1) is 0 Å². The van der Waals surface area contributed by atoms with E-state index < -0.39 is 68.5 Å². The Morgan fingerprint density at radius 3 is 2.43 bits per heavy atom. The Balaban J connectivity index is 2.85. The molecule has 1 fully saturated rings. The highest BCUT2D eigenvalue weighted by molar-refractivity contribution is 5.73. The summed E-state index contributed by atoms with van der Waals surface area (Å²) in [5.41, 5.74) is 5.46. The number of ether oxygens (including phenoxy) is 6. The van der Waals surface area contributed by atoms with E-state index in [4.69, 9.17) is 34.2 Å².